The maximum absolute atomic E-state index is 12.3. The highest BCUT2D eigenvalue weighted by molar-refractivity contribution is 5.85. The molecule has 2 aliphatic heterocycles. The minimum atomic E-state index is 0. The van der Waals surface area contributed by atoms with Crippen molar-refractivity contribution in [3.05, 3.63) is 0 Å². The first-order chi connectivity index (χ1) is 11.2. The maximum atomic E-state index is 12.3. The van der Waals surface area contributed by atoms with Gasteiger partial charge in [-0.05, 0) is 32.2 Å². The summed E-state index contributed by atoms with van der Waals surface area (Å²) in [6.45, 7) is 3.69. The molecule has 1 atom stereocenters. The third-order valence-corrected chi connectivity index (χ3v) is 5.44. The number of carbonyl (C=O) groups is 2. The number of hydrogen-bond donors (Lipinski definition) is 2. The van der Waals surface area contributed by atoms with Gasteiger partial charge in [0, 0.05) is 44.7 Å². The van der Waals surface area contributed by atoms with Crippen LogP contribution in [0.25, 0.3) is 0 Å². The van der Waals surface area contributed by atoms with Crippen molar-refractivity contribution in [3.63, 3.8) is 0 Å². The lowest BCUT2D eigenvalue weighted by molar-refractivity contribution is -0.133. The molecule has 24 heavy (non-hydrogen) atoms. The second-order valence-electron chi connectivity index (χ2n) is 7.15. The lowest BCUT2D eigenvalue weighted by Gasteiger charge is -2.36. The SMILES string of the molecule is Cl.O=C(CC1CCCN1)N1CCN(C(=O)NC2CCCCC2)CC1. The lowest BCUT2D eigenvalue weighted by atomic mass is 9.96. The van der Waals surface area contributed by atoms with Gasteiger partial charge in [-0.3, -0.25) is 4.79 Å². The molecule has 0 aromatic rings. The molecule has 2 saturated heterocycles. The molecule has 0 aromatic heterocycles. The van der Waals surface area contributed by atoms with Crippen LogP contribution >= 0.6 is 12.4 Å². The first kappa shape index (κ1) is 19.3. The van der Waals surface area contributed by atoms with Crippen molar-refractivity contribution in [2.75, 3.05) is 32.7 Å². The molecule has 1 aliphatic carbocycles. The fourth-order valence-corrected chi connectivity index (χ4v) is 3.94. The highest BCUT2D eigenvalue weighted by Gasteiger charge is 2.27. The summed E-state index contributed by atoms with van der Waals surface area (Å²) in [6, 6.07) is 0.765. The first-order valence-electron chi connectivity index (χ1n) is 9.29. The van der Waals surface area contributed by atoms with E-state index in [1.807, 2.05) is 9.80 Å². The van der Waals surface area contributed by atoms with Crippen LogP contribution in [0.3, 0.4) is 0 Å². The van der Waals surface area contributed by atoms with E-state index in [4.69, 9.17) is 0 Å². The number of hydrogen-bond acceptors (Lipinski definition) is 3. The number of carbonyl (C=O) groups excluding carboxylic acids is 2. The fourth-order valence-electron chi connectivity index (χ4n) is 3.94. The van der Waals surface area contributed by atoms with E-state index in [0.29, 0.717) is 44.7 Å². The molecule has 0 aromatic carbocycles. The number of urea groups is 1. The van der Waals surface area contributed by atoms with Gasteiger partial charge in [0.2, 0.25) is 5.91 Å². The Bertz CT molecular complexity index is 415. The van der Waals surface area contributed by atoms with Crippen molar-refractivity contribution in [3.8, 4) is 0 Å². The average molecular weight is 359 g/mol. The fraction of sp³-hybridized carbons (Fsp3) is 0.882. The molecule has 3 fully saturated rings. The van der Waals surface area contributed by atoms with E-state index in [1.54, 1.807) is 0 Å². The van der Waals surface area contributed by atoms with Crippen LogP contribution < -0.4 is 10.6 Å². The van der Waals surface area contributed by atoms with E-state index in [2.05, 4.69) is 10.6 Å². The highest BCUT2D eigenvalue weighted by atomic mass is 35.5. The van der Waals surface area contributed by atoms with Crippen LogP contribution in [0.2, 0.25) is 0 Å². The van der Waals surface area contributed by atoms with Gasteiger partial charge in [0.05, 0.1) is 0 Å². The standard InChI is InChI=1S/C17H30N4O2.ClH/c22-16(13-15-7-4-8-18-15)20-9-11-21(12-10-20)17(23)19-14-5-2-1-3-6-14;/h14-15,18H,1-13H2,(H,19,23);1H. The summed E-state index contributed by atoms with van der Waals surface area (Å²) in [4.78, 5) is 28.4. The van der Waals surface area contributed by atoms with Crippen molar-refractivity contribution in [2.45, 2.75) is 63.5 Å². The molecule has 0 spiro atoms. The summed E-state index contributed by atoms with van der Waals surface area (Å²) in [5.74, 6) is 0.233. The molecule has 1 saturated carbocycles. The summed E-state index contributed by atoms with van der Waals surface area (Å²) in [7, 11) is 0. The smallest absolute Gasteiger partial charge is 0.317 e. The summed E-state index contributed by atoms with van der Waals surface area (Å²) < 4.78 is 0. The van der Waals surface area contributed by atoms with Crippen LogP contribution in [0.4, 0.5) is 4.79 Å². The summed E-state index contributed by atoms with van der Waals surface area (Å²) in [5.41, 5.74) is 0. The van der Waals surface area contributed by atoms with Gasteiger partial charge in [-0.25, -0.2) is 4.79 Å². The zero-order valence-corrected chi connectivity index (χ0v) is 15.3. The van der Waals surface area contributed by atoms with Crippen LogP contribution in [0.15, 0.2) is 0 Å². The van der Waals surface area contributed by atoms with Crippen LogP contribution in [0.1, 0.15) is 51.4 Å². The maximum Gasteiger partial charge on any atom is 0.317 e. The Morgan fingerprint density at radius 2 is 1.58 bits per heavy atom. The Balaban J connectivity index is 0.00000208. The van der Waals surface area contributed by atoms with Gasteiger partial charge >= 0.3 is 6.03 Å². The van der Waals surface area contributed by atoms with Gasteiger partial charge in [-0.1, -0.05) is 19.3 Å². The van der Waals surface area contributed by atoms with Gasteiger partial charge < -0.3 is 20.4 Å². The molecule has 3 rings (SSSR count). The molecule has 2 N–H and O–H groups in total. The Kier molecular flexibility index (Phi) is 7.62. The number of amides is 3. The number of nitrogens with zero attached hydrogens (tertiary/aromatic N) is 2. The number of halogens is 1. The summed E-state index contributed by atoms with van der Waals surface area (Å²) in [6.07, 6.45) is 8.85. The predicted molar refractivity (Wildman–Crippen MR) is 96.4 cm³/mol. The summed E-state index contributed by atoms with van der Waals surface area (Å²) >= 11 is 0. The van der Waals surface area contributed by atoms with E-state index in [0.717, 1.165) is 25.8 Å². The van der Waals surface area contributed by atoms with Gasteiger partial charge in [-0.15, -0.1) is 12.4 Å². The normalized spacial score (nSPS) is 25.2. The number of rotatable bonds is 3. The Hall–Kier alpha value is -1.01. The van der Waals surface area contributed by atoms with Gasteiger partial charge in [0.15, 0.2) is 0 Å². The molecule has 0 bridgehead atoms. The molecule has 2 heterocycles. The lowest BCUT2D eigenvalue weighted by Crippen LogP contribution is -2.55. The average Bonchev–Trinajstić information content (AvgIpc) is 3.09. The molecule has 1 unspecified atom stereocenters. The molecule has 3 aliphatic rings. The van der Waals surface area contributed by atoms with Gasteiger partial charge in [-0.2, -0.15) is 0 Å². The molecule has 3 amide bonds. The van der Waals surface area contributed by atoms with Crippen LogP contribution in [0.5, 0.6) is 0 Å². The molecular formula is C17H31ClN4O2. The summed E-state index contributed by atoms with van der Waals surface area (Å²) in [5, 5.41) is 6.54. The zero-order chi connectivity index (χ0) is 16.1. The van der Waals surface area contributed by atoms with Crippen LogP contribution in [0, 0.1) is 0 Å². The highest BCUT2D eigenvalue weighted by Crippen LogP contribution is 2.18. The van der Waals surface area contributed by atoms with Gasteiger partial charge in [0.1, 0.15) is 0 Å². The molecular weight excluding hydrogens is 328 g/mol. The van der Waals surface area contributed by atoms with Crippen molar-refractivity contribution in [2.24, 2.45) is 0 Å². The monoisotopic (exact) mass is 358 g/mol. The minimum Gasteiger partial charge on any atom is -0.339 e. The van der Waals surface area contributed by atoms with Crippen molar-refractivity contribution >= 4 is 24.3 Å². The van der Waals surface area contributed by atoms with Crippen molar-refractivity contribution in [1.29, 1.82) is 0 Å². The predicted octanol–water partition coefficient (Wildman–Crippen LogP) is 1.74. The van der Waals surface area contributed by atoms with Crippen molar-refractivity contribution in [1.82, 2.24) is 20.4 Å². The Labute approximate surface area is 151 Å². The quantitative estimate of drug-likeness (QED) is 0.807. The zero-order valence-electron chi connectivity index (χ0n) is 14.5. The van der Waals surface area contributed by atoms with E-state index < -0.39 is 0 Å². The minimum absolute atomic E-state index is 0. The van der Waals surface area contributed by atoms with E-state index in [-0.39, 0.29) is 24.3 Å². The third kappa shape index (κ3) is 5.24. The topological polar surface area (TPSA) is 64.7 Å². The largest absolute Gasteiger partial charge is 0.339 e. The van der Waals surface area contributed by atoms with Crippen LogP contribution in [-0.2, 0) is 4.79 Å². The Morgan fingerprint density at radius 1 is 0.917 bits per heavy atom. The number of piperazine rings is 1. The Morgan fingerprint density at radius 3 is 2.21 bits per heavy atom. The molecule has 7 heteroatoms. The van der Waals surface area contributed by atoms with E-state index in [1.165, 1.54) is 25.7 Å². The van der Waals surface area contributed by atoms with Crippen LogP contribution in [-0.4, -0.2) is 66.5 Å². The van der Waals surface area contributed by atoms with E-state index in [9.17, 15) is 9.59 Å². The second-order valence-corrected chi connectivity index (χ2v) is 7.15. The van der Waals surface area contributed by atoms with Crippen molar-refractivity contribution < 1.29 is 9.59 Å². The molecule has 0 radical (unpaired) electrons. The molecule has 6 nitrogen and oxygen atoms in total. The second kappa shape index (κ2) is 9.47. The van der Waals surface area contributed by atoms with E-state index >= 15 is 0 Å². The van der Waals surface area contributed by atoms with Gasteiger partial charge in [0.25, 0.3) is 0 Å². The third-order valence-electron chi connectivity index (χ3n) is 5.44. The first-order valence-corrected chi connectivity index (χ1v) is 9.29. The molecule has 138 valence electrons. The number of nitrogens with one attached hydrogen (secondary N) is 2.